The fourth-order valence-electron chi connectivity index (χ4n) is 1.31. The van der Waals surface area contributed by atoms with Crippen LogP contribution in [0.1, 0.15) is 58.1 Å². The second-order valence-corrected chi connectivity index (χ2v) is 5.62. The van der Waals surface area contributed by atoms with Crippen LogP contribution in [0.2, 0.25) is 0 Å². The van der Waals surface area contributed by atoms with Crippen molar-refractivity contribution in [3.8, 4) is 0 Å². The van der Waals surface area contributed by atoms with E-state index in [2.05, 4.69) is 0 Å². The van der Waals surface area contributed by atoms with Gasteiger partial charge in [0, 0.05) is 27.8 Å². The zero-order valence-electron chi connectivity index (χ0n) is 25.4. The van der Waals surface area contributed by atoms with Gasteiger partial charge in [0.2, 0.25) is 0 Å². The van der Waals surface area contributed by atoms with Crippen LogP contribution >= 0.6 is 0 Å². The Kier molecular flexibility index (Phi) is 1.46. The summed E-state index contributed by atoms with van der Waals surface area (Å²) in [5.74, 6) is -3.85. The first-order chi connectivity index (χ1) is 14.8. The van der Waals surface area contributed by atoms with Crippen LogP contribution < -0.4 is 0 Å². The summed E-state index contributed by atoms with van der Waals surface area (Å²) < 4.78 is 149. The van der Waals surface area contributed by atoms with Gasteiger partial charge in [-0.05, 0) is 55.7 Å². The van der Waals surface area contributed by atoms with Crippen LogP contribution in [0.25, 0.3) is 0 Å². The molecule has 1 aliphatic rings. The summed E-state index contributed by atoms with van der Waals surface area (Å²) in [4.78, 5) is -1.53. The number of rotatable bonds is 4. The fourth-order valence-corrected chi connectivity index (χ4v) is 1.83. The molecule has 4 heteroatoms. The van der Waals surface area contributed by atoms with Gasteiger partial charge in [0.15, 0.2) is 9.84 Å². The lowest BCUT2D eigenvalue weighted by Gasteiger charge is -2.32. The van der Waals surface area contributed by atoms with E-state index in [0.717, 1.165) is 0 Å². The number of hydrogen-bond donors (Lipinski definition) is 0. The first kappa shape index (κ1) is 4.57. The minimum atomic E-state index is -4.53. The Labute approximate surface area is 137 Å². The molecular weight excluding hydrogens is 258 g/mol. The highest BCUT2D eigenvalue weighted by Gasteiger charge is 2.21. The molecule has 1 fully saturated rings. The van der Waals surface area contributed by atoms with Gasteiger partial charge < -0.3 is 4.90 Å². The third-order valence-corrected chi connectivity index (χ3v) is 3.06. The minimum absolute atomic E-state index is 0.307. The summed E-state index contributed by atoms with van der Waals surface area (Å²) in [6.07, 6.45) is -7.93. The van der Waals surface area contributed by atoms with Crippen LogP contribution in [-0.4, -0.2) is 39.1 Å². The van der Waals surface area contributed by atoms with Gasteiger partial charge in [-0.25, -0.2) is 8.42 Å². The molecule has 0 bridgehead atoms. The molecule has 1 aromatic carbocycles. The van der Waals surface area contributed by atoms with Gasteiger partial charge in [0.05, 0.1) is 10.4 Å². The van der Waals surface area contributed by atoms with E-state index < -0.39 is 89.0 Å². The molecule has 2 rings (SSSR count). The molecule has 1 saturated heterocycles. The van der Waals surface area contributed by atoms with Crippen molar-refractivity contribution < 1.29 is 29.0 Å². The molecule has 106 valence electrons. The lowest BCUT2D eigenvalue weighted by atomic mass is 9.90. The zero-order valence-corrected chi connectivity index (χ0v) is 11.2. The van der Waals surface area contributed by atoms with E-state index in [1.54, 1.807) is 0 Å². The van der Waals surface area contributed by atoms with Gasteiger partial charge in [-0.3, -0.25) is 0 Å². The van der Waals surface area contributed by atoms with E-state index in [4.69, 9.17) is 20.6 Å². The molecule has 1 aromatic rings. The average Bonchev–Trinajstić information content (AvgIpc) is 2.62. The van der Waals surface area contributed by atoms with E-state index in [0.29, 0.717) is 6.26 Å². The zero-order chi connectivity index (χ0) is 27.2. The van der Waals surface area contributed by atoms with Crippen molar-refractivity contribution in [1.82, 2.24) is 4.90 Å². The standard InChI is InChI=1S/C15H23NO2S/c1-3-9-16-10-5-7-14(12-16)13-6-4-8-15(11-13)19(2,17)18/h4,6,8,11,14H,3,5,7,9-10,12H2,1-2H3/t14-/m1/s1/i4D,5D2,6D,7D2,8D,9D2,10D2,11D,12D2,14D. The van der Waals surface area contributed by atoms with Crippen LogP contribution in [0, 0.1) is 0 Å². The molecule has 19 heavy (non-hydrogen) atoms. The maximum Gasteiger partial charge on any atom is 0.175 e. The number of likely N-dealkylation sites (tertiary alicyclic amines) is 1. The second kappa shape index (κ2) is 6.06. The maximum absolute atomic E-state index is 12.3. The summed E-state index contributed by atoms with van der Waals surface area (Å²) in [6, 6.07) is -5.04. The molecule has 1 aliphatic heterocycles. The summed E-state index contributed by atoms with van der Waals surface area (Å²) in [6.45, 7) is -9.41. The molecular formula is C15H23NO2S. The minimum Gasteiger partial charge on any atom is -0.303 e. The number of benzene rings is 1. The molecule has 3 nitrogen and oxygen atoms in total. The Morgan fingerprint density at radius 2 is 2.42 bits per heavy atom. The van der Waals surface area contributed by atoms with Gasteiger partial charge in [-0.2, -0.15) is 0 Å². The van der Waals surface area contributed by atoms with E-state index >= 15 is 0 Å². The predicted molar refractivity (Wildman–Crippen MR) is 78.3 cm³/mol. The van der Waals surface area contributed by atoms with Gasteiger partial charge in [0.25, 0.3) is 0 Å². The molecule has 0 amide bonds. The Hall–Kier alpha value is -0.870. The van der Waals surface area contributed by atoms with Crippen molar-refractivity contribution in [3.63, 3.8) is 0 Å². The third-order valence-electron chi connectivity index (χ3n) is 2.12. The molecule has 1 heterocycles. The Balaban J connectivity index is 3.26. The highest BCUT2D eigenvalue weighted by Crippen LogP contribution is 2.28. The summed E-state index contributed by atoms with van der Waals surface area (Å²) in [7, 11) is -4.53. The van der Waals surface area contributed by atoms with E-state index in [1.807, 2.05) is 0 Å². The lowest BCUT2D eigenvalue weighted by Crippen LogP contribution is -2.34. The highest BCUT2D eigenvalue weighted by atomic mass is 32.2. The highest BCUT2D eigenvalue weighted by molar-refractivity contribution is 7.90. The molecule has 0 spiro atoms. The first-order valence-corrected chi connectivity index (χ1v) is 7.32. The average molecular weight is 297 g/mol. The van der Waals surface area contributed by atoms with Crippen molar-refractivity contribution in [2.24, 2.45) is 0 Å². The Morgan fingerprint density at radius 3 is 3.11 bits per heavy atom. The second-order valence-electron chi connectivity index (χ2n) is 3.67. The smallest absolute Gasteiger partial charge is 0.175 e. The third kappa shape index (κ3) is 3.80. The van der Waals surface area contributed by atoms with Crippen molar-refractivity contribution >= 4 is 9.84 Å². The monoisotopic (exact) mass is 296 g/mol. The van der Waals surface area contributed by atoms with Gasteiger partial charge in [-0.15, -0.1) is 0 Å². The lowest BCUT2D eigenvalue weighted by molar-refractivity contribution is 0.208. The van der Waals surface area contributed by atoms with Crippen molar-refractivity contribution in [2.75, 3.05) is 25.7 Å². The largest absolute Gasteiger partial charge is 0.303 e. The SMILES string of the molecule is [2H]c1c([2H])c([C@@]2([2H])C([2H])([2H])N(C([2H])([2H])CC)C([2H])([2H])C([2H])([2H])C2([2H])[2H])c([2H])c(S(C)(=O)=O)c1[2H]. The molecule has 0 aliphatic carbocycles. The van der Waals surface area contributed by atoms with Gasteiger partial charge in [-0.1, -0.05) is 19.0 Å². The van der Waals surface area contributed by atoms with Crippen LogP contribution in [-0.2, 0) is 9.84 Å². The number of nitrogens with zero attached hydrogens (tertiary/aromatic N) is 1. The Morgan fingerprint density at radius 1 is 1.63 bits per heavy atom. The van der Waals surface area contributed by atoms with E-state index in [-0.39, 0.29) is 4.90 Å². The summed E-state index contributed by atoms with van der Waals surface area (Å²) in [5, 5.41) is 0. The predicted octanol–water partition coefficient (Wildman–Crippen LogP) is 2.68. The normalized spacial score (nSPS) is 48.2. The van der Waals surface area contributed by atoms with Crippen LogP contribution in [0.5, 0.6) is 0 Å². The summed E-state index contributed by atoms with van der Waals surface area (Å²) in [5.41, 5.74) is -1.42. The summed E-state index contributed by atoms with van der Waals surface area (Å²) >= 11 is 0. The fraction of sp³-hybridized carbons (Fsp3) is 0.600. The quantitative estimate of drug-likeness (QED) is 0.857. The molecule has 0 saturated carbocycles. The van der Waals surface area contributed by atoms with Crippen LogP contribution in [0.3, 0.4) is 0 Å². The van der Waals surface area contributed by atoms with E-state index in [1.165, 1.54) is 6.92 Å². The molecule has 0 N–H and O–H groups in total. The number of piperidine rings is 1. The van der Waals surface area contributed by atoms with Crippen LogP contribution in [0.4, 0.5) is 0 Å². The van der Waals surface area contributed by atoms with Crippen molar-refractivity contribution in [2.45, 2.75) is 36.9 Å². The molecule has 1 atom stereocenters. The Bertz CT molecular complexity index is 1130. The maximum atomic E-state index is 12.3. The number of hydrogen-bond acceptors (Lipinski definition) is 3. The van der Waals surface area contributed by atoms with Crippen molar-refractivity contribution in [1.29, 1.82) is 0 Å². The molecule has 0 radical (unpaired) electrons. The van der Waals surface area contributed by atoms with Gasteiger partial charge >= 0.3 is 0 Å². The molecule has 0 aromatic heterocycles. The topological polar surface area (TPSA) is 37.4 Å². The van der Waals surface area contributed by atoms with Crippen LogP contribution in [0.15, 0.2) is 29.1 Å². The first-order valence-electron chi connectivity index (χ1n) is 12.9. The van der Waals surface area contributed by atoms with E-state index in [9.17, 15) is 8.42 Å². The van der Waals surface area contributed by atoms with Crippen molar-refractivity contribution in [3.05, 3.63) is 29.7 Å². The van der Waals surface area contributed by atoms with Gasteiger partial charge in [0.1, 0.15) is 0 Å². The number of sulfone groups is 1. The molecule has 0 unspecified atom stereocenters.